The number of unbranched alkanes of at least 4 members (excludes halogenated alkanes) is 27. The summed E-state index contributed by atoms with van der Waals surface area (Å²) in [7, 11) is 0. The van der Waals surface area contributed by atoms with Gasteiger partial charge in [0.15, 0.2) is 6.10 Å². The van der Waals surface area contributed by atoms with Gasteiger partial charge in [-0.1, -0.05) is 180 Å². The van der Waals surface area contributed by atoms with Crippen molar-refractivity contribution in [2.45, 2.75) is 252 Å². The maximum absolute atomic E-state index is 12.7. The Bertz CT molecular complexity index is 880. The van der Waals surface area contributed by atoms with Gasteiger partial charge >= 0.3 is 17.9 Å². The Balaban J connectivity index is 4.26. The third-order valence-corrected chi connectivity index (χ3v) is 10.2. The van der Waals surface area contributed by atoms with Crippen LogP contribution < -0.4 is 0 Å². The molecule has 0 aromatic rings. The summed E-state index contributed by atoms with van der Waals surface area (Å²) in [6.45, 7) is 6.56. The van der Waals surface area contributed by atoms with Crippen LogP contribution in [0.15, 0.2) is 24.3 Å². The molecule has 0 bridgehead atoms. The van der Waals surface area contributed by atoms with Crippen LogP contribution in [0.5, 0.6) is 0 Å². The van der Waals surface area contributed by atoms with E-state index >= 15 is 0 Å². The summed E-state index contributed by atoms with van der Waals surface area (Å²) in [6, 6.07) is 0. The van der Waals surface area contributed by atoms with Crippen LogP contribution in [0.4, 0.5) is 0 Å². The first-order valence-electron chi connectivity index (χ1n) is 23.3. The molecule has 0 aliphatic heterocycles. The van der Waals surface area contributed by atoms with Crippen LogP contribution in [-0.4, -0.2) is 37.2 Å². The number of carbonyl (C=O) groups is 3. The molecule has 0 heterocycles. The van der Waals surface area contributed by atoms with E-state index in [1.807, 2.05) is 0 Å². The van der Waals surface area contributed by atoms with Gasteiger partial charge in [0, 0.05) is 19.3 Å². The number of allylic oxidation sites excluding steroid dienone is 4. The van der Waals surface area contributed by atoms with Crippen molar-refractivity contribution in [3.8, 4) is 0 Å². The molecule has 54 heavy (non-hydrogen) atoms. The van der Waals surface area contributed by atoms with E-state index in [0.717, 1.165) is 64.2 Å². The lowest BCUT2D eigenvalue weighted by Crippen LogP contribution is -2.30. The van der Waals surface area contributed by atoms with Gasteiger partial charge in [-0.2, -0.15) is 0 Å². The molecule has 0 aromatic carbocycles. The second kappa shape index (κ2) is 43.6. The Morgan fingerprint density at radius 2 is 0.611 bits per heavy atom. The van der Waals surface area contributed by atoms with E-state index in [-0.39, 0.29) is 31.1 Å². The second-order valence-corrected chi connectivity index (χ2v) is 15.7. The van der Waals surface area contributed by atoms with Gasteiger partial charge in [-0.3, -0.25) is 14.4 Å². The van der Waals surface area contributed by atoms with Gasteiger partial charge in [0.2, 0.25) is 0 Å². The highest BCUT2D eigenvalue weighted by atomic mass is 16.6. The topological polar surface area (TPSA) is 78.9 Å². The molecule has 0 radical (unpaired) electrons. The Hall–Kier alpha value is -2.11. The highest BCUT2D eigenvalue weighted by molar-refractivity contribution is 5.71. The fourth-order valence-electron chi connectivity index (χ4n) is 6.61. The fraction of sp³-hybridized carbons (Fsp3) is 0.854. The molecule has 1 unspecified atom stereocenters. The number of carbonyl (C=O) groups excluding carboxylic acids is 3. The summed E-state index contributed by atoms with van der Waals surface area (Å²) in [5, 5.41) is 0. The van der Waals surface area contributed by atoms with Gasteiger partial charge in [0.1, 0.15) is 13.2 Å². The van der Waals surface area contributed by atoms with Crippen molar-refractivity contribution >= 4 is 17.9 Å². The minimum Gasteiger partial charge on any atom is -0.462 e. The van der Waals surface area contributed by atoms with Crippen LogP contribution in [0.2, 0.25) is 0 Å². The molecule has 6 heteroatoms. The number of rotatable bonds is 42. The number of ether oxygens (including phenoxy) is 3. The van der Waals surface area contributed by atoms with Crippen LogP contribution in [-0.2, 0) is 28.6 Å². The Labute approximate surface area is 334 Å². The molecular formula is C48H88O6. The predicted molar refractivity (Wildman–Crippen MR) is 229 cm³/mol. The van der Waals surface area contributed by atoms with Crippen molar-refractivity contribution in [2.75, 3.05) is 13.2 Å². The molecule has 0 fully saturated rings. The van der Waals surface area contributed by atoms with E-state index in [2.05, 4.69) is 45.1 Å². The minimum absolute atomic E-state index is 0.0742. The van der Waals surface area contributed by atoms with Gasteiger partial charge < -0.3 is 14.2 Å². The minimum atomic E-state index is -0.769. The van der Waals surface area contributed by atoms with Crippen molar-refractivity contribution < 1.29 is 28.6 Å². The van der Waals surface area contributed by atoms with Crippen LogP contribution >= 0.6 is 0 Å². The summed E-state index contributed by atoms with van der Waals surface area (Å²) >= 11 is 0. The summed E-state index contributed by atoms with van der Waals surface area (Å²) in [5.74, 6) is -0.890. The molecule has 316 valence electrons. The predicted octanol–water partition coefficient (Wildman–Crippen LogP) is 14.8. The van der Waals surface area contributed by atoms with Gasteiger partial charge in [-0.05, 0) is 70.6 Å². The van der Waals surface area contributed by atoms with E-state index in [1.165, 1.54) is 141 Å². The van der Waals surface area contributed by atoms with Crippen molar-refractivity contribution in [2.24, 2.45) is 0 Å². The third-order valence-electron chi connectivity index (χ3n) is 10.2. The van der Waals surface area contributed by atoms with Crippen LogP contribution in [0.25, 0.3) is 0 Å². The van der Waals surface area contributed by atoms with Crippen LogP contribution in [0, 0.1) is 0 Å². The molecule has 0 rings (SSSR count). The largest absolute Gasteiger partial charge is 0.462 e. The zero-order chi connectivity index (χ0) is 39.4. The van der Waals surface area contributed by atoms with Crippen molar-refractivity contribution in [3.05, 3.63) is 24.3 Å². The first kappa shape index (κ1) is 51.9. The van der Waals surface area contributed by atoms with Gasteiger partial charge in [0.05, 0.1) is 0 Å². The van der Waals surface area contributed by atoms with E-state index in [4.69, 9.17) is 14.2 Å². The zero-order valence-corrected chi connectivity index (χ0v) is 36.0. The molecule has 0 amide bonds. The molecule has 0 spiro atoms. The van der Waals surface area contributed by atoms with Crippen molar-refractivity contribution in [1.29, 1.82) is 0 Å². The average Bonchev–Trinajstić information content (AvgIpc) is 3.17. The smallest absolute Gasteiger partial charge is 0.306 e. The normalized spacial score (nSPS) is 12.1. The number of esters is 3. The highest BCUT2D eigenvalue weighted by Crippen LogP contribution is 2.14. The lowest BCUT2D eigenvalue weighted by atomic mass is 10.1. The molecule has 1 atom stereocenters. The molecule has 0 N–H and O–H groups in total. The summed E-state index contributed by atoms with van der Waals surface area (Å²) in [5.41, 5.74) is 0. The van der Waals surface area contributed by atoms with E-state index < -0.39 is 6.10 Å². The summed E-state index contributed by atoms with van der Waals surface area (Å²) < 4.78 is 16.7. The molecule has 0 aliphatic rings. The third kappa shape index (κ3) is 41.1. The standard InChI is InChI=1S/C48H88O6/c1-4-7-10-13-16-18-20-22-23-24-25-26-28-29-32-35-38-41-47(50)53-44-45(43-52-46(49)40-37-34-31-15-12-9-6-3)54-48(51)42-39-36-33-30-27-21-19-17-14-11-8-5-2/h17,19,22-23,45H,4-16,18,20-21,24-44H2,1-3H3/b19-17-,23-22-. The van der Waals surface area contributed by atoms with E-state index in [9.17, 15) is 14.4 Å². The maximum atomic E-state index is 12.7. The molecule has 6 nitrogen and oxygen atoms in total. The molecule has 0 saturated heterocycles. The fourth-order valence-corrected chi connectivity index (χ4v) is 6.61. The summed E-state index contributed by atoms with van der Waals surface area (Å²) in [6.07, 6.45) is 47.4. The lowest BCUT2D eigenvalue weighted by Gasteiger charge is -2.18. The van der Waals surface area contributed by atoms with Crippen molar-refractivity contribution in [1.82, 2.24) is 0 Å². The average molecular weight is 761 g/mol. The highest BCUT2D eigenvalue weighted by Gasteiger charge is 2.19. The Morgan fingerprint density at radius 1 is 0.352 bits per heavy atom. The first-order chi connectivity index (χ1) is 26.5. The van der Waals surface area contributed by atoms with Gasteiger partial charge in [-0.15, -0.1) is 0 Å². The Kier molecular flexibility index (Phi) is 41.9. The molecular weight excluding hydrogens is 673 g/mol. The van der Waals surface area contributed by atoms with Crippen LogP contribution in [0.3, 0.4) is 0 Å². The first-order valence-corrected chi connectivity index (χ1v) is 23.3. The maximum Gasteiger partial charge on any atom is 0.306 e. The van der Waals surface area contributed by atoms with E-state index in [0.29, 0.717) is 19.3 Å². The monoisotopic (exact) mass is 761 g/mol. The number of hydrogen-bond acceptors (Lipinski definition) is 6. The lowest BCUT2D eigenvalue weighted by molar-refractivity contribution is -0.167. The van der Waals surface area contributed by atoms with Gasteiger partial charge in [-0.25, -0.2) is 0 Å². The second-order valence-electron chi connectivity index (χ2n) is 15.7. The van der Waals surface area contributed by atoms with Crippen LogP contribution in [0.1, 0.15) is 245 Å². The zero-order valence-electron chi connectivity index (χ0n) is 36.0. The number of hydrogen-bond donors (Lipinski definition) is 0. The van der Waals surface area contributed by atoms with Gasteiger partial charge in [0.25, 0.3) is 0 Å². The molecule has 0 aliphatic carbocycles. The molecule has 0 aromatic heterocycles. The summed E-state index contributed by atoms with van der Waals surface area (Å²) in [4.78, 5) is 37.6. The Morgan fingerprint density at radius 3 is 0.963 bits per heavy atom. The van der Waals surface area contributed by atoms with E-state index in [1.54, 1.807) is 0 Å². The SMILES string of the molecule is CCCCC/C=C\CCCCCCCC(=O)OC(COC(=O)CCCCCCCCC)COC(=O)CCCCCCCCC/C=C\CCCCCCCC. The molecule has 0 saturated carbocycles. The quantitative estimate of drug-likeness (QED) is 0.0267. The van der Waals surface area contributed by atoms with Crippen molar-refractivity contribution in [3.63, 3.8) is 0 Å².